The van der Waals surface area contributed by atoms with Gasteiger partial charge in [0.1, 0.15) is 29.7 Å². The van der Waals surface area contributed by atoms with Crippen molar-refractivity contribution in [3.8, 4) is 5.75 Å². The van der Waals surface area contributed by atoms with Crippen LogP contribution in [0, 0.1) is 20.2 Å². The van der Waals surface area contributed by atoms with Crippen LogP contribution in [-0.2, 0) is 6.61 Å². The molecule has 11 nitrogen and oxygen atoms in total. The van der Waals surface area contributed by atoms with Crippen molar-refractivity contribution in [3.63, 3.8) is 0 Å². The molecule has 0 unspecified atom stereocenters. The minimum absolute atomic E-state index is 0.0343. The zero-order valence-electron chi connectivity index (χ0n) is 11.4. The molecule has 0 spiro atoms. The van der Waals surface area contributed by atoms with Gasteiger partial charge in [0.2, 0.25) is 0 Å². The number of aliphatic hydroxyl groups is 1. The van der Waals surface area contributed by atoms with E-state index >= 15 is 0 Å². The molecular weight excluding hydrogens is 312 g/mol. The number of nitrogens with one attached hydrogen (secondary N) is 1. The standard InChI is InChI=1S/C12H10N4O7/c17-5-8-4-10(12(18)6-23-8)14-13-9-2-1-7(15(19)20)3-11(9)16(21)22/h1-4,6,13,17-18H,5H2/b14-10+. The highest BCUT2D eigenvalue weighted by atomic mass is 16.6. The lowest BCUT2D eigenvalue weighted by Gasteiger charge is -2.02. The largest absolute Gasteiger partial charge is 0.503 e. The third-order valence-corrected chi connectivity index (χ3v) is 2.72. The summed E-state index contributed by atoms with van der Waals surface area (Å²) in [6.45, 7) is -0.430. The molecule has 0 bridgehead atoms. The van der Waals surface area contributed by atoms with Crippen molar-refractivity contribution < 1.29 is 24.5 Å². The normalized spacial score (nSPS) is 11.3. The fourth-order valence-electron chi connectivity index (χ4n) is 1.62. The van der Waals surface area contributed by atoms with Crippen LogP contribution in [0.15, 0.2) is 40.0 Å². The maximum absolute atomic E-state index is 11.0. The first-order chi connectivity index (χ1) is 10.9. The lowest BCUT2D eigenvalue weighted by molar-refractivity contribution is -0.393. The second-order valence-corrected chi connectivity index (χ2v) is 4.21. The average Bonchev–Trinajstić information content (AvgIpc) is 2.53. The van der Waals surface area contributed by atoms with E-state index in [9.17, 15) is 25.3 Å². The van der Waals surface area contributed by atoms with Crippen molar-refractivity contribution in [2.75, 3.05) is 5.43 Å². The predicted octanol–water partition coefficient (Wildman–Crippen LogP) is 1.22. The molecule has 3 N–H and O–H groups in total. The van der Waals surface area contributed by atoms with E-state index < -0.39 is 27.8 Å². The summed E-state index contributed by atoms with van der Waals surface area (Å²) < 4.78 is 4.83. The highest BCUT2D eigenvalue weighted by Gasteiger charge is 2.19. The molecule has 0 aliphatic rings. The van der Waals surface area contributed by atoms with E-state index in [1.807, 2.05) is 0 Å². The molecule has 0 fully saturated rings. The molecular formula is C12H10N4O7. The molecule has 0 aliphatic carbocycles. The Morgan fingerprint density at radius 1 is 1.22 bits per heavy atom. The highest BCUT2D eigenvalue weighted by Crippen LogP contribution is 2.28. The first-order valence-corrected chi connectivity index (χ1v) is 6.06. The van der Waals surface area contributed by atoms with Crippen molar-refractivity contribution >= 4 is 17.1 Å². The minimum Gasteiger partial charge on any atom is -0.503 e. The van der Waals surface area contributed by atoms with Gasteiger partial charge in [-0.05, 0) is 6.07 Å². The van der Waals surface area contributed by atoms with Crippen molar-refractivity contribution in [1.82, 2.24) is 0 Å². The van der Waals surface area contributed by atoms with E-state index in [2.05, 4.69) is 10.5 Å². The maximum Gasteiger partial charge on any atom is 0.301 e. The molecule has 120 valence electrons. The van der Waals surface area contributed by atoms with Gasteiger partial charge in [0, 0.05) is 12.1 Å². The highest BCUT2D eigenvalue weighted by molar-refractivity contribution is 5.64. The van der Waals surface area contributed by atoms with E-state index in [-0.39, 0.29) is 22.6 Å². The number of nitrogens with zero attached hydrogens (tertiary/aromatic N) is 3. The predicted molar refractivity (Wildman–Crippen MR) is 75.2 cm³/mol. The fraction of sp³-hybridized carbons (Fsp3) is 0.0833. The Bertz CT molecular complexity index is 830. The van der Waals surface area contributed by atoms with Gasteiger partial charge in [-0.3, -0.25) is 25.7 Å². The van der Waals surface area contributed by atoms with Gasteiger partial charge in [-0.2, -0.15) is 5.10 Å². The van der Waals surface area contributed by atoms with E-state index in [0.717, 1.165) is 24.5 Å². The zero-order valence-corrected chi connectivity index (χ0v) is 11.4. The molecule has 1 heterocycles. The van der Waals surface area contributed by atoms with Gasteiger partial charge in [0.05, 0.1) is 15.9 Å². The SMILES string of the molecule is O=[N+]([O-])c1ccc(N/N=c2\cc(CO)occ2O)c([N+](=O)[O-])c1. The Hall–Kier alpha value is -3.47. The summed E-state index contributed by atoms with van der Waals surface area (Å²) >= 11 is 0. The third-order valence-electron chi connectivity index (χ3n) is 2.72. The van der Waals surface area contributed by atoms with Crippen LogP contribution in [0.5, 0.6) is 5.75 Å². The first kappa shape index (κ1) is 15.9. The second kappa shape index (κ2) is 6.53. The Labute approximate surface area is 127 Å². The summed E-state index contributed by atoms with van der Waals surface area (Å²) in [5, 5.41) is 43.9. The number of hydrogen-bond acceptors (Lipinski definition) is 9. The van der Waals surface area contributed by atoms with Crippen LogP contribution in [0.3, 0.4) is 0 Å². The monoisotopic (exact) mass is 322 g/mol. The summed E-state index contributed by atoms with van der Waals surface area (Å²) in [5.41, 5.74) is 1.25. The van der Waals surface area contributed by atoms with E-state index in [0.29, 0.717) is 0 Å². The van der Waals surface area contributed by atoms with E-state index in [1.54, 1.807) is 0 Å². The molecule has 2 aromatic rings. The van der Waals surface area contributed by atoms with Gasteiger partial charge in [0.25, 0.3) is 5.69 Å². The molecule has 0 saturated carbocycles. The van der Waals surface area contributed by atoms with Gasteiger partial charge in [-0.15, -0.1) is 0 Å². The topological polar surface area (TPSA) is 164 Å². The van der Waals surface area contributed by atoms with Crippen LogP contribution in [-0.4, -0.2) is 20.1 Å². The van der Waals surface area contributed by atoms with Gasteiger partial charge < -0.3 is 14.6 Å². The number of non-ortho nitro benzene ring substituents is 1. The van der Waals surface area contributed by atoms with Gasteiger partial charge >= 0.3 is 5.69 Å². The lowest BCUT2D eigenvalue weighted by atomic mass is 10.2. The van der Waals surface area contributed by atoms with Gasteiger partial charge in [0.15, 0.2) is 5.75 Å². The number of aromatic hydroxyl groups is 1. The average molecular weight is 322 g/mol. The molecule has 11 heteroatoms. The van der Waals surface area contributed by atoms with Crippen molar-refractivity contribution in [3.05, 3.63) is 61.9 Å². The van der Waals surface area contributed by atoms with Crippen LogP contribution >= 0.6 is 0 Å². The third kappa shape index (κ3) is 3.59. The molecule has 1 aromatic carbocycles. The Morgan fingerprint density at radius 3 is 2.57 bits per heavy atom. The van der Waals surface area contributed by atoms with Gasteiger partial charge in [-0.1, -0.05) is 0 Å². The summed E-state index contributed by atoms with van der Waals surface area (Å²) in [7, 11) is 0. The minimum atomic E-state index is -0.801. The first-order valence-electron chi connectivity index (χ1n) is 6.06. The zero-order chi connectivity index (χ0) is 17.0. The number of rotatable bonds is 5. The Kier molecular flexibility index (Phi) is 4.52. The number of anilines is 1. The van der Waals surface area contributed by atoms with Crippen molar-refractivity contribution in [2.45, 2.75) is 6.61 Å². The molecule has 23 heavy (non-hydrogen) atoms. The van der Waals surface area contributed by atoms with Crippen LogP contribution < -0.4 is 10.8 Å². The Balaban J connectivity index is 2.42. The number of benzene rings is 1. The number of hydrogen-bond donors (Lipinski definition) is 3. The molecule has 1 aromatic heterocycles. The number of nitro benzene ring substituents is 2. The number of aliphatic hydroxyl groups excluding tert-OH is 1. The summed E-state index contributed by atoms with van der Waals surface area (Å²) in [5.74, 6) is -0.249. The van der Waals surface area contributed by atoms with E-state index in [4.69, 9.17) is 9.52 Å². The van der Waals surface area contributed by atoms with Crippen molar-refractivity contribution in [1.29, 1.82) is 0 Å². The van der Waals surface area contributed by atoms with Crippen LogP contribution in [0.2, 0.25) is 0 Å². The van der Waals surface area contributed by atoms with Crippen molar-refractivity contribution in [2.24, 2.45) is 5.10 Å². The summed E-state index contributed by atoms with van der Waals surface area (Å²) in [4.78, 5) is 20.1. The van der Waals surface area contributed by atoms with E-state index in [1.165, 1.54) is 6.07 Å². The fourth-order valence-corrected chi connectivity index (χ4v) is 1.62. The molecule has 2 rings (SSSR count). The molecule has 0 amide bonds. The molecule has 0 radical (unpaired) electrons. The summed E-state index contributed by atoms with van der Waals surface area (Å²) in [6.07, 6.45) is 0.941. The lowest BCUT2D eigenvalue weighted by Crippen LogP contribution is -2.08. The van der Waals surface area contributed by atoms with Gasteiger partial charge in [-0.25, -0.2) is 0 Å². The van der Waals surface area contributed by atoms with Crippen LogP contribution in [0.4, 0.5) is 17.1 Å². The molecule has 0 aliphatic heterocycles. The van der Waals surface area contributed by atoms with Crippen LogP contribution in [0.1, 0.15) is 5.76 Å². The quantitative estimate of drug-likeness (QED) is 0.546. The maximum atomic E-state index is 11.0. The second-order valence-electron chi connectivity index (χ2n) is 4.21. The smallest absolute Gasteiger partial charge is 0.301 e. The summed E-state index contributed by atoms with van der Waals surface area (Å²) in [6, 6.07) is 4.21. The Morgan fingerprint density at radius 2 is 1.96 bits per heavy atom. The number of nitro groups is 2. The van der Waals surface area contributed by atoms with Crippen LogP contribution in [0.25, 0.3) is 0 Å². The molecule has 0 saturated heterocycles. The molecule has 0 atom stereocenters.